The first-order valence-corrected chi connectivity index (χ1v) is 9.37. The highest BCUT2D eigenvalue weighted by atomic mass is 16.2. The summed E-state index contributed by atoms with van der Waals surface area (Å²) in [6, 6.07) is 18.5. The summed E-state index contributed by atoms with van der Waals surface area (Å²) in [4.78, 5) is 38.5. The van der Waals surface area contributed by atoms with Crippen LogP contribution in [0, 0.1) is 0 Å². The number of hydrogen-bond acceptors (Lipinski definition) is 3. The lowest BCUT2D eigenvalue weighted by Crippen LogP contribution is -2.44. The fourth-order valence-corrected chi connectivity index (χ4v) is 3.70. The molecule has 4 rings (SSSR count). The number of amides is 1. The highest BCUT2D eigenvalue weighted by molar-refractivity contribution is 5.90. The zero-order valence-corrected chi connectivity index (χ0v) is 15.4. The molecule has 1 aliphatic carbocycles. The van der Waals surface area contributed by atoms with Gasteiger partial charge >= 0.3 is 5.69 Å². The molecule has 28 heavy (non-hydrogen) atoms. The van der Waals surface area contributed by atoms with Gasteiger partial charge in [-0.1, -0.05) is 48.5 Å². The van der Waals surface area contributed by atoms with Gasteiger partial charge in [-0.25, -0.2) is 4.79 Å². The molecule has 0 radical (unpaired) electrons. The molecule has 2 aromatic carbocycles. The lowest BCUT2D eigenvalue weighted by atomic mass is 10.2. The van der Waals surface area contributed by atoms with E-state index < -0.39 is 5.69 Å². The topological polar surface area (TPSA) is 73.1 Å². The lowest BCUT2D eigenvalue weighted by Gasteiger charge is -2.15. The normalized spacial score (nSPS) is 12.6. The second kappa shape index (κ2) is 7.68. The van der Waals surface area contributed by atoms with Gasteiger partial charge in [-0.05, 0) is 37.0 Å². The monoisotopic (exact) mass is 375 g/mol. The molecular weight excluding hydrogens is 354 g/mol. The van der Waals surface area contributed by atoms with Gasteiger partial charge in [-0.3, -0.25) is 18.7 Å². The van der Waals surface area contributed by atoms with Crippen LogP contribution in [-0.2, 0) is 30.7 Å². The molecule has 1 aliphatic rings. The Hall–Kier alpha value is -3.41. The molecule has 0 saturated heterocycles. The number of benzene rings is 2. The van der Waals surface area contributed by atoms with Crippen LogP contribution in [0.5, 0.6) is 0 Å². The molecule has 1 heterocycles. The summed E-state index contributed by atoms with van der Waals surface area (Å²) < 4.78 is 2.71. The van der Waals surface area contributed by atoms with Crippen LogP contribution in [0.25, 0.3) is 0 Å². The molecule has 6 nitrogen and oxygen atoms in total. The molecule has 1 N–H and O–H groups in total. The third kappa shape index (κ3) is 3.53. The van der Waals surface area contributed by atoms with Crippen molar-refractivity contribution in [1.82, 2.24) is 9.13 Å². The number of anilines is 1. The molecule has 0 saturated carbocycles. The minimum Gasteiger partial charge on any atom is -0.325 e. The van der Waals surface area contributed by atoms with Crippen LogP contribution in [0.4, 0.5) is 5.69 Å². The predicted molar refractivity (Wildman–Crippen MR) is 108 cm³/mol. The van der Waals surface area contributed by atoms with Gasteiger partial charge in [0.25, 0.3) is 5.56 Å². The van der Waals surface area contributed by atoms with Crippen LogP contribution in [0.1, 0.15) is 23.2 Å². The van der Waals surface area contributed by atoms with Crippen LogP contribution in [-0.4, -0.2) is 15.0 Å². The number of nitrogens with one attached hydrogen (secondary N) is 1. The van der Waals surface area contributed by atoms with E-state index in [0.717, 1.165) is 12.0 Å². The summed E-state index contributed by atoms with van der Waals surface area (Å²) in [5.74, 6) is -0.285. The molecule has 0 aliphatic heterocycles. The van der Waals surface area contributed by atoms with Gasteiger partial charge < -0.3 is 5.32 Å². The van der Waals surface area contributed by atoms with Crippen molar-refractivity contribution in [2.75, 3.05) is 5.32 Å². The van der Waals surface area contributed by atoms with Gasteiger partial charge in [0, 0.05) is 16.9 Å². The molecule has 6 heteroatoms. The van der Waals surface area contributed by atoms with Crippen LogP contribution in [0.15, 0.2) is 70.3 Å². The first-order chi connectivity index (χ1) is 13.6. The van der Waals surface area contributed by atoms with E-state index in [2.05, 4.69) is 5.32 Å². The molecule has 3 aromatic rings. The van der Waals surface area contributed by atoms with Gasteiger partial charge in [0.2, 0.25) is 5.91 Å². The van der Waals surface area contributed by atoms with Crippen molar-refractivity contribution >= 4 is 11.6 Å². The van der Waals surface area contributed by atoms with E-state index >= 15 is 0 Å². The number of carbonyl (C=O) groups excluding carboxylic acids is 1. The molecule has 0 bridgehead atoms. The quantitative estimate of drug-likeness (QED) is 0.743. The highest BCUT2D eigenvalue weighted by Gasteiger charge is 2.24. The third-order valence-corrected chi connectivity index (χ3v) is 5.02. The predicted octanol–water partition coefficient (Wildman–Crippen LogP) is 2.19. The number of rotatable bonds is 5. The van der Waals surface area contributed by atoms with Crippen molar-refractivity contribution in [1.29, 1.82) is 0 Å². The summed E-state index contributed by atoms with van der Waals surface area (Å²) in [7, 11) is 0. The average Bonchev–Trinajstić information content (AvgIpc) is 3.20. The zero-order chi connectivity index (χ0) is 19.5. The van der Waals surface area contributed by atoms with Crippen molar-refractivity contribution in [3.8, 4) is 0 Å². The number of aromatic nitrogens is 2. The van der Waals surface area contributed by atoms with Crippen molar-refractivity contribution in [2.45, 2.75) is 32.4 Å². The molecule has 1 amide bonds. The fraction of sp³-hybridized carbons (Fsp3) is 0.227. The van der Waals surface area contributed by atoms with E-state index in [1.54, 1.807) is 12.1 Å². The Bertz CT molecular complexity index is 1120. The van der Waals surface area contributed by atoms with Gasteiger partial charge in [-0.2, -0.15) is 0 Å². The maximum atomic E-state index is 13.1. The van der Waals surface area contributed by atoms with Gasteiger partial charge in [0.15, 0.2) is 0 Å². The Morgan fingerprint density at radius 2 is 1.57 bits per heavy atom. The number of nitrogens with zero attached hydrogens (tertiary/aromatic N) is 2. The first kappa shape index (κ1) is 18.0. The smallest absolute Gasteiger partial charge is 0.325 e. The molecule has 0 atom stereocenters. The molecule has 1 aromatic heterocycles. The lowest BCUT2D eigenvalue weighted by molar-refractivity contribution is -0.116. The first-order valence-electron chi connectivity index (χ1n) is 9.37. The Balaban J connectivity index is 1.70. The Morgan fingerprint density at radius 3 is 2.29 bits per heavy atom. The number of hydrogen-bond donors (Lipinski definition) is 1. The maximum Gasteiger partial charge on any atom is 0.331 e. The Kier molecular flexibility index (Phi) is 4.93. The fourth-order valence-electron chi connectivity index (χ4n) is 3.70. The summed E-state index contributed by atoms with van der Waals surface area (Å²) in [5.41, 5.74) is 2.24. The number of fused-ring (bicyclic) bond motifs is 1. The highest BCUT2D eigenvalue weighted by Crippen LogP contribution is 2.17. The molecule has 0 unspecified atom stereocenters. The van der Waals surface area contributed by atoms with Crippen molar-refractivity contribution in [3.63, 3.8) is 0 Å². The maximum absolute atomic E-state index is 13.1. The molecule has 0 fully saturated rings. The number of para-hydroxylation sites is 1. The minimum absolute atomic E-state index is 0.106. The van der Waals surface area contributed by atoms with Gasteiger partial charge in [-0.15, -0.1) is 0 Å². The van der Waals surface area contributed by atoms with E-state index in [-0.39, 0.29) is 24.6 Å². The number of carbonyl (C=O) groups is 1. The van der Waals surface area contributed by atoms with E-state index in [4.69, 9.17) is 0 Å². The standard InChI is InChI=1S/C22H21N3O3/c26-20(23-17-10-5-2-6-11-17)15-24-19-13-7-12-18(19)21(27)25(22(24)28)14-16-8-3-1-4-9-16/h1-6,8-11H,7,12-15H2,(H,23,26). The SMILES string of the molecule is O=C(Cn1c2c(c(=O)n(Cc3ccccc3)c1=O)CCC2)Nc1ccccc1. The summed E-state index contributed by atoms with van der Waals surface area (Å²) >= 11 is 0. The molecule has 0 spiro atoms. The van der Waals surface area contributed by atoms with E-state index in [9.17, 15) is 14.4 Å². The second-order valence-corrected chi connectivity index (χ2v) is 6.94. The summed E-state index contributed by atoms with van der Waals surface area (Å²) in [6.45, 7) is 0.0945. The van der Waals surface area contributed by atoms with Crippen LogP contribution in [0.3, 0.4) is 0 Å². The molecular formula is C22H21N3O3. The summed E-state index contributed by atoms with van der Waals surface area (Å²) in [5, 5.41) is 2.81. The van der Waals surface area contributed by atoms with Crippen LogP contribution in [0.2, 0.25) is 0 Å². The van der Waals surface area contributed by atoms with E-state index in [1.165, 1.54) is 9.13 Å². The van der Waals surface area contributed by atoms with E-state index in [1.807, 2.05) is 48.5 Å². The van der Waals surface area contributed by atoms with Crippen molar-refractivity contribution in [2.24, 2.45) is 0 Å². The zero-order valence-electron chi connectivity index (χ0n) is 15.4. The van der Waals surface area contributed by atoms with Crippen molar-refractivity contribution in [3.05, 3.63) is 98.3 Å². The third-order valence-electron chi connectivity index (χ3n) is 5.02. The second-order valence-electron chi connectivity index (χ2n) is 6.94. The van der Waals surface area contributed by atoms with E-state index in [0.29, 0.717) is 29.8 Å². The van der Waals surface area contributed by atoms with Crippen LogP contribution < -0.4 is 16.6 Å². The Morgan fingerprint density at radius 1 is 0.893 bits per heavy atom. The van der Waals surface area contributed by atoms with Crippen LogP contribution >= 0.6 is 0 Å². The molecule has 142 valence electrons. The Labute approximate surface area is 162 Å². The minimum atomic E-state index is -0.433. The average molecular weight is 375 g/mol. The summed E-state index contributed by atoms with van der Waals surface area (Å²) in [6.07, 6.45) is 2.10. The van der Waals surface area contributed by atoms with Gasteiger partial charge in [0.1, 0.15) is 6.54 Å². The van der Waals surface area contributed by atoms with Crippen molar-refractivity contribution < 1.29 is 4.79 Å². The van der Waals surface area contributed by atoms with Gasteiger partial charge in [0.05, 0.1) is 6.54 Å². The largest absolute Gasteiger partial charge is 0.331 e.